The van der Waals surface area contributed by atoms with E-state index in [1.807, 2.05) is 30.3 Å². The molecule has 0 spiro atoms. The van der Waals surface area contributed by atoms with E-state index in [9.17, 15) is 19.5 Å². The third-order valence-electron chi connectivity index (χ3n) is 4.85. The number of carboxylic acids is 1. The lowest BCUT2D eigenvalue weighted by atomic mass is 9.82. The quantitative estimate of drug-likeness (QED) is 0.852. The van der Waals surface area contributed by atoms with Crippen molar-refractivity contribution in [3.05, 3.63) is 35.9 Å². The van der Waals surface area contributed by atoms with Gasteiger partial charge in [-0.15, -0.1) is 0 Å². The van der Waals surface area contributed by atoms with E-state index in [0.717, 1.165) is 5.56 Å². The number of rotatable bonds is 6. The van der Waals surface area contributed by atoms with E-state index in [1.54, 1.807) is 11.8 Å². The highest BCUT2D eigenvalue weighted by Gasteiger charge is 2.39. The number of hydrogen-bond donors (Lipinski definition) is 1. The minimum atomic E-state index is -0.904. The molecule has 0 saturated carbocycles. The fraction of sp³-hybridized carbons (Fsp3) is 0.526. The normalized spacial score (nSPS) is 20.2. The van der Waals surface area contributed by atoms with E-state index in [4.69, 9.17) is 0 Å². The van der Waals surface area contributed by atoms with E-state index < -0.39 is 11.4 Å². The van der Waals surface area contributed by atoms with Crippen molar-refractivity contribution in [3.63, 3.8) is 0 Å². The van der Waals surface area contributed by atoms with E-state index >= 15 is 0 Å². The minimum absolute atomic E-state index is 0.00212. The molecule has 0 bridgehead atoms. The lowest BCUT2D eigenvalue weighted by Crippen LogP contribution is -2.51. The number of carboxylic acid groups (broad SMARTS) is 1. The number of aliphatic carboxylic acids is 1. The Morgan fingerprint density at radius 3 is 2.52 bits per heavy atom. The molecular weight excluding hydrogens is 320 g/mol. The van der Waals surface area contributed by atoms with Gasteiger partial charge in [0.2, 0.25) is 11.8 Å². The van der Waals surface area contributed by atoms with Crippen LogP contribution in [0.5, 0.6) is 0 Å². The molecule has 1 fully saturated rings. The van der Waals surface area contributed by atoms with Crippen LogP contribution in [0.3, 0.4) is 0 Å². The number of nitrogens with zero attached hydrogens (tertiary/aromatic N) is 2. The van der Waals surface area contributed by atoms with Gasteiger partial charge >= 0.3 is 5.97 Å². The summed E-state index contributed by atoms with van der Waals surface area (Å²) in [5.41, 5.74) is 0.205. The fourth-order valence-corrected chi connectivity index (χ4v) is 3.15. The zero-order chi connectivity index (χ0) is 18.4. The number of amides is 2. The Bertz CT molecular complexity index is 632. The third-order valence-corrected chi connectivity index (χ3v) is 4.85. The smallest absolute Gasteiger partial charge is 0.311 e. The summed E-state index contributed by atoms with van der Waals surface area (Å²) in [4.78, 5) is 39.0. The number of piperidine rings is 1. The van der Waals surface area contributed by atoms with Gasteiger partial charge in [-0.05, 0) is 31.7 Å². The molecule has 1 saturated heterocycles. The van der Waals surface area contributed by atoms with Gasteiger partial charge in [-0.1, -0.05) is 30.3 Å². The van der Waals surface area contributed by atoms with Crippen molar-refractivity contribution >= 4 is 17.8 Å². The predicted molar refractivity (Wildman–Crippen MR) is 94.0 cm³/mol. The van der Waals surface area contributed by atoms with Crippen molar-refractivity contribution in [1.82, 2.24) is 9.80 Å². The molecule has 6 heteroatoms. The molecule has 1 aliphatic heterocycles. The van der Waals surface area contributed by atoms with Crippen LogP contribution in [0.2, 0.25) is 0 Å². The van der Waals surface area contributed by atoms with Gasteiger partial charge in [-0.3, -0.25) is 14.4 Å². The van der Waals surface area contributed by atoms with Crippen LogP contribution in [0.4, 0.5) is 0 Å². The van der Waals surface area contributed by atoms with Crippen molar-refractivity contribution in [2.24, 2.45) is 5.41 Å². The molecule has 1 unspecified atom stereocenters. The monoisotopic (exact) mass is 346 g/mol. The van der Waals surface area contributed by atoms with Gasteiger partial charge < -0.3 is 14.9 Å². The first kappa shape index (κ1) is 19.0. The van der Waals surface area contributed by atoms with Crippen molar-refractivity contribution in [2.75, 3.05) is 26.2 Å². The Balaban J connectivity index is 1.95. The summed E-state index contributed by atoms with van der Waals surface area (Å²) in [6, 6.07) is 9.80. The highest BCUT2D eigenvalue weighted by Crippen LogP contribution is 2.29. The Morgan fingerprint density at radius 2 is 1.92 bits per heavy atom. The molecule has 0 aliphatic carbocycles. The van der Waals surface area contributed by atoms with Crippen molar-refractivity contribution < 1.29 is 19.5 Å². The number of carbonyl (C=O) groups is 3. The largest absolute Gasteiger partial charge is 0.481 e. The summed E-state index contributed by atoms with van der Waals surface area (Å²) in [6.45, 7) is 4.34. The van der Waals surface area contributed by atoms with Gasteiger partial charge in [0.05, 0.1) is 12.0 Å². The SMILES string of the molecule is CC(=O)N(CCc1ccccc1)CC(=O)N1CCCC(C)(C(=O)O)C1. The summed E-state index contributed by atoms with van der Waals surface area (Å²) < 4.78 is 0. The van der Waals surface area contributed by atoms with E-state index in [2.05, 4.69) is 0 Å². The first-order valence-electron chi connectivity index (χ1n) is 8.62. The molecule has 1 heterocycles. The van der Waals surface area contributed by atoms with Gasteiger partial charge in [-0.2, -0.15) is 0 Å². The molecule has 2 rings (SSSR count). The highest BCUT2D eigenvalue weighted by atomic mass is 16.4. The summed E-state index contributed by atoms with van der Waals surface area (Å²) in [7, 11) is 0. The van der Waals surface area contributed by atoms with Crippen molar-refractivity contribution in [1.29, 1.82) is 0 Å². The maximum Gasteiger partial charge on any atom is 0.311 e. The summed E-state index contributed by atoms with van der Waals surface area (Å²) >= 11 is 0. The summed E-state index contributed by atoms with van der Waals surface area (Å²) in [5, 5.41) is 9.37. The first-order valence-corrected chi connectivity index (χ1v) is 8.62. The lowest BCUT2D eigenvalue weighted by molar-refractivity contribution is -0.154. The number of carbonyl (C=O) groups excluding carboxylic acids is 2. The Labute approximate surface area is 148 Å². The number of likely N-dealkylation sites (tertiary alicyclic amines) is 1. The van der Waals surface area contributed by atoms with Crippen LogP contribution < -0.4 is 0 Å². The van der Waals surface area contributed by atoms with E-state index in [0.29, 0.717) is 32.4 Å². The lowest BCUT2D eigenvalue weighted by Gasteiger charge is -2.38. The summed E-state index contributed by atoms with van der Waals surface area (Å²) in [6.07, 6.45) is 1.91. The number of benzene rings is 1. The molecule has 136 valence electrons. The van der Waals surface area contributed by atoms with E-state index in [-0.39, 0.29) is 24.9 Å². The average Bonchev–Trinajstić information content (AvgIpc) is 2.59. The maximum absolute atomic E-state index is 12.6. The van der Waals surface area contributed by atoms with Crippen LogP contribution in [0.15, 0.2) is 30.3 Å². The fourth-order valence-electron chi connectivity index (χ4n) is 3.15. The van der Waals surface area contributed by atoms with Crippen LogP contribution in [0, 0.1) is 5.41 Å². The molecule has 6 nitrogen and oxygen atoms in total. The molecule has 0 radical (unpaired) electrons. The Morgan fingerprint density at radius 1 is 1.24 bits per heavy atom. The maximum atomic E-state index is 12.6. The molecule has 1 N–H and O–H groups in total. The van der Waals surface area contributed by atoms with Gasteiger partial charge in [0.25, 0.3) is 0 Å². The molecule has 1 atom stereocenters. The molecule has 1 aromatic rings. The third kappa shape index (κ3) is 5.05. The van der Waals surface area contributed by atoms with Crippen LogP contribution in [0.1, 0.15) is 32.3 Å². The molecule has 1 aliphatic rings. The van der Waals surface area contributed by atoms with E-state index in [1.165, 1.54) is 11.8 Å². The van der Waals surface area contributed by atoms with Gasteiger partial charge in [0, 0.05) is 26.6 Å². The second-order valence-corrected chi connectivity index (χ2v) is 6.96. The standard InChI is InChI=1S/C19H26N2O4/c1-15(22)20(12-9-16-7-4-3-5-8-16)13-17(23)21-11-6-10-19(2,14-21)18(24)25/h3-5,7-8H,6,9-14H2,1-2H3,(H,24,25). The van der Waals surface area contributed by atoms with Crippen LogP contribution in [0.25, 0.3) is 0 Å². The average molecular weight is 346 g/mol. The highest BCUT2D eigenvalue weighted by molar-refractivity contribution is 5.84. The van der Waals surface area contributed by atoms with Gasteiger partial charge in [0.1, 0.15) is 0 Å². The van der Waals surface area contributed by atoms with Crippen LogP contribution >= 0.6 is 0 Å². The molecule has 25 heavy (non-hydrogen) atoms. The zero-order valence-corrected chi connectivity index (χ0v) is 14.9. The van der Waals surface area contributed by atoms with Crippen molar-refractivity contribution in [3.8, 4) is 0 Å². The molecule has 1 aromatic carbocycles. The number of hydrogen-bond acceptors (Lipinski definition) is 3. The summed E-state index contributed by atoms with van der Waals surface area (Å²) in [5.74, 6) is -1.21. The second-order valence-electron chi connectivity index (χ2n) is 6.96. The van der Waals surface area contributed by atoms with Gasteiger partial charge in [-0.25, -0.2) is 0 Å². The van der Waals surface area contributed by atoms with Crippen LogP contribution in [-0.2, 0) is 20.8 Å². The van der Waals surface area contributed by atoms with Gasteiger partial charge in [0.15, 0.2) is 0 Å². The molecule has 0 aromatic heterocycles. The second kappa shape index (κ2) is 8.14. The van der Waals surface area contributed by atoms with Crippen LogP contribution in [-0.4, -0.2) is 58.9 Å². The molecular formula is C19H26N2O4. The topological polar surface area (TPSA) is 77.9 Å². The molecule has 2 amide bonds. The Kier molecular flexibility index (Phi) is 6.17. The van der Waals surface area contributed by atoms with Crippen molar-refractivity contribution in [2.45, 2.75) is 33.1 Å². The predicted octanol–water partition coefficient (Wildman–Crippen LogP) is 1.79. The Hall–Kier alpha value is -2.37. The zero-order valence-electron chi connectivity index (χ0n) is 14.9. The first-order chi connectivity index (χ1) is 11.8. The minimum Gasteiger partial charge on any atom is -0.481 e.